The Balaban J connectivity index is 1.65. The van der Waals surface area contributed by atoms with Crippen molar-refractivity contribution in [3.8, 4) is 5.75 Å². The lowest BCUT2D eigenvalue weighted by atomic mass is 10.2. The molecule has 7 heteroatoms. The van der Waals surface area contributed by atoms with E-state index in [2.05, 4.69) is 10.1 Å². The summed E-state index contributed by atoms with van der Waals surface area (Å²) in [5, 5.41) is 4.88. The molecule has 0 N–H and O–H groups in total. The number of methoxy groups -OCH3 is 1. The molecule has 0 bridgehead atoms. The third kappa shape index (κ3) is 3.63. The molecule has 0 atom stereocenters. The molecule has 4 aromatic rings. The highest BCUT2D eigenvalue weighted by Crippen LogP contribution is 2.16. The van der Waals surface area contributed by atoms with Gasteiger partial charge in [0.15, 0.2) is 5.82 Å². The summed E-state index contributed by atoms with van der Waals surface area (Å²) >= 11 is 7.45. The maximum Gasteiger partial charge on any atom is 0.291 e. The largest absolute Gasteiger partial charge is 0.497 e. The number of thiazole rings is 1. The summed E-state index contributed by atoms with van der Waals surface area (Å²) in [7, 11) is 1.63. The molecule has 2 aromatic carbocycles. The number of hydrogen-bond acceptors (Lipinski definition) is 5. The molecule has 0 saturated carbocycles. The number of rotatable bonds is 4. The van der Waals surface area contributed by atoms with Gasteiger partial charge in [-0.1, -0.05) is 59.3 Å². The molecule has 0 fully saturated rings. The van der Waals surface area contributed by atoms with Crippen molar-refractivity contribution in [2.45, 2.75) is 0 Å². The lowest BCUT2D eigenvalue weighted by Gasteiger charge is -1.98. The van der Waals surface area contributed by atoms with E-state index >= 15 is 0 Å². The smallest absolute Gasteiger partial charge is 0.291 e. The highest BCUT2D eigenvalue weighted by molar-refractivity contribution is 7.15. The van der Waals surface area contributed by atoms with Gasteiger partial charge in [-0.05, 0) is 41.5 Å². The first-order valence-electron chi connectivity index (χ1n) is 8.12. The van der Waals surface area contributed by atoms with Gasteiger partial charge < -0.3 is 4.74 Å². The van der Waals surface area contributed by atoms with Gasteiger partial charge in [0.25, 0.3) is 5.56 Å². The fourth-order valence-corrected chi connectivity index (χ4v) is 3.63. The standard InChI is InChI=1S/C20H14ClN3O2S/c1-26-15-9-6-13(7-10-15)8-11-18-22-20-24(23-18)19(25)17(27-20)12-14-4-2-3-5-16(14)21/h2-12H,1H3. The van der Waals surface area contributed by atoms with E-state index in [0.29, 0.717) is 20.3 Å². The van der Waals surface area contributed by atoms with E-state index in [1.807, 2.05) is 48.5 Å². The Labute approximate surface area is 163 Å². The van der Waals surface area contributed by atoms with Gasteiger partial charge in [-0.2, -0.15) is 9.50 Å². The molecule has 0 aliphatic heterocycles. The minimum atomic E-state index is -0.202. The van der Waals surface area contributed by atoms with Crippen LogP contribution in [0.2, 0.25) is 5.02 Å². The van der Waals surface area contributed by atoms with E-state index < -0.39 is 0 Å². The fourth-order valence-electron chi connectivity index (χ4n) is 2.54. The lowest BCUT2D eigenvalue weighted by Crippen LogP contribution is -2.23. The highest BCUT2D eigenvalue weighted by Gasteiger charge is 2.09. The van der Waals surface area contributed by atoms with Gasteiger partial charge in [-0.15, -0.1) is 5.10 Å². The maximum absolute atomic E-state index is 12.6. The number of hydrogen-bond donors (Lipinski definition) is 0. The Morgan fingerprint density at radius 2 is 1.89 bits per heavy atom. The van der Waals surface area contributed by atoms with Gasteiger partial charge in [0.05, 0.1) is 11.6 Å². The van der Waals surface area contributed by atoms with Crippen LogP contribution in [0.4, 0.5) is 0 Å². The third-order valence-corrected chi connectivity index (χ3v) is 5.23. The topological polar surface area (TPSA) is 56.5 Å². The molecule has 0 saturated heterocycles. The van der Waals surface area contributed by atoms with Gasteiger partial charge in [0.2, 0.25) is 4.96 Å². The average molecular weight is 396 g/mol. The van der Waals surface area contributed by atoms with Gasteiger partial charge in [-0.25, -0.2) is 0 Å². The number of aromatic nitrogens is 3. The molecule has 0 aliphatic carbocycles. The summed E-state index contributed by atoms with van der Waals surface area (Å²) in [5.74, 6) is 1.28. The monoisotopic (exact) mass is 395 g/mol. The van der Waals surface area contributed by atoms with Crippen LogP contribution in [0.3, 0.4) is 0 Å². The normalized spacial score (nSPS) is 12.3. The molecule has 0 amide bonds. The molecule has 2 heterocycles. The Bertz CT molecular complexity index is 1240. The van der Waals surface area contributed by atoms with Crippen molar-refractivity contribution >= 4 is 46.1 Å². The molecule has 134 valence electrons. The molecule has 2 aromatic heterocycles. The van der Waals surface area contributed by atoms with E-state index in [1.54, 1.807) is 25.3 Å². The Kier molecular flexibility index (Phi) is 4.75. The molecule has 0 spiro atoms. The molecule has 5 nitrogen and oxygen atoms in total. The number of halogens is 1. The second-order valence-corrected chi connectivity index (χ2v) is 7.12. The van der Waals surface area contributed by atoms with Crippen molar-refractivity contribution in [1.82, 2.24) is 14.6 Å². The van der Waals surface area contributed by atoms with Gasteiger partial charge in [0, 0.05) is 5.02 Å². The third-order valence-electron chi connectivity index (χ3n) is 3.93. The van der Waals surface area contributed by atoms with Crippen LogP contribution in [0, 0.1) is 0 Å². The zero-order valence-corrected chi connectivity index (χ0v) is 15.9. The van der Waals surface area contributed by atoms with Crippen molar-refractivity contribution in [1.29, 1.82) is 0 Å². The Morgan fingerprint density at radius 1 is 1.11 bits per heavy atom. The van der Waals surface area contributed by atoms with Crippen LogP contribution in [0.25, 0.3) is 23.2 Å². The first-order chi connectivity index (χ1) is 13.1. The zero-order chi connectivity index (χ0) is 18.8. The van der Waals surface area contributed by atoms with Gasteiger partial charge >= 0.3 is 0 Å². The summed E-state index contributed by atoms with van der Waals surface area (Å²) < 4.78 is 7.00. The van der Waals surface area contributed by atoms with Crippen LogP contribution in [0.5, 0.6) is 5.75 Å². The van der Waals surface area contributed by atoms with Crippen LogP contribution in [0.1, 0.15) is 17.0 Å². The second kappa shape index (κ2) is 7.34. The minimum absolute atomic E-state index is 0.202. The number of benzene rings is 2. The first-order valence-corrected chi connectivity index (χ1v) is 9.31. The van der Waals surface area contributed by atoms with E-state index in [4.69, 9.17) is 16.3 Å². The van der Waals surface area contributed by atoms with Crippen molar-refractivity contribution in [2.75, 3.05) is 7.11 Å². The number of fused-ring (bicyclic) bond motifs is 1. The quantitative estimate of drug-likeness (QED) is 0.530. The van der Waals surface area contributed by atoms with Crippen LogP contribution in [-0.2, 0) is 0 Å². The fraction of sp³-hybridized carbons (Fsp3) is 0.0500. The zero-order valence-electron chi connectivity index (χ0n) is 14.3. The van der Waals surface area contributed by atoms with E-state index in [-0.39, 0.29) is 5.56 Å². The molecular formula is C20H14ClN3O2S. The average Bonchev–Trinajstić information content (AvgIpc) is 3.21. The first kappa shape index (κ1) is 17.5. The molecular weight excluding hydrogens is 382 g/mol. The summed E-state index contributed by atoms with van der Waals surface area (Å²) in [5.41, 5.74) is 1.58. The van der Waals surface area contributed by atoms with Crippen molar-refractivity contribution in [2.24, 2.45) is 0 Å². The number of ether oxygens (including phenoxy) is 1. The van der Waals surface area contributed by atoms with Crippen LogP contribution < -0.4 is 14.8 Å². The van der Waals surface area contributed by atoms with E-state index in [1.165, 1.54) is 15.9 Å². The van der Waals surface area contributed by atoms with Crippen LogP contribution >= 0.6 is 22.9 Å². The Hall–Kier alpha value is -2.96. The molecule has 4 rings (SSSR count). The predicted octanol–water partition coefficient (Wildman–Crippen LogP) is 3.53. The van der Waals surface area contributed by atoms with Crippen molar-refractivity contribution in [3.63, 3.8) is 0 Å². The summed E-state index contributed by atoms with van der Waals surface area (Å²) in [4.78, 5) is 17.5. The summed E-state index contributed by atoms with van der Waals surface area (Å²) in [6, 6.07) is 15.0. The molecule has 0 unspecified atom stereocenters. The predicted molar refractivity (Wildman–Crippen MR) is 109 cm³/mol. The summed E-state index contributed by atoms with van der Waals surface area (Å²) in [6.07, 6.45) is 5.43. The van der Waals surface area contributed by atoms with Gasteiger partial charge in [0.1, 0.15) is 5.75 Å². The highest BCUT2D eigenvalue weighted by atomic mass is 35.5. The van der Waals surface area contributed by atoms with Crippen LogP contribution in [0.15, 0.2) is 53.3 Å². The van der Waals surface area contributed by atoms with E-state index in [9.17, 15) is 4.79 Å². The molecule has 0 radical (unpaired) electrons. The van der Waals surface area contributed by atoms with Crippen molar-refractivity contribution < 1.29 is 4.74 Å². The SMILES string of the molecule is COc1ccc(C=Cc2nc3sc(=Cc4ccccc4Cl)c(=O)n3n2)cc1. The molecule has 27 heavy (non-hydrogen) atoms. The second-order valence-electron chi connectivity index (χ2n) is 5.71. The maximum atomic E-state index is 12.6. The number of nitrogens with zero attached hydrogens (tertiary/aromatic N) is 3. The lowest BCUT2D eigenvalue weighted by molar-refractivity contribution is 0.415. The van der Waals surface area contributed by atoms with E-state index in [0.717, 1.165) is 16.9 Å². The van der Waals surface area contributed by atoms with Crippen LogP contribution in [-0.4, -0.2) is 21.7 Å². The summed E-state index contributed by atoms with van der Waals surface area (Å²) in [6.45, 7) is 0. The van der Waals surface area contributed by atoms with Gasteiger partial charge in [-0.3, -0.25) is 4.79 Å². The van der Waals surface area contributed by atoms with Crippen molar-refractivity contribution in [3.05, 3.63) is 85.4 Å². The Morgan fingerprint density at radius 3 is 2.59 bits per heavy atom. The minimum Gasteiger partial charge on any atom is -0.497 e. The molecule has 0 aliphatic rings.